The molecule has 30 heavy (non-hydrogen) atoms. The van der Waals surface area contributed by atoms with E-state index in [1.807, 2.05) is 45.9 Å². The first kappa shape index (κ1) is 22.4. The second-order valence-corrected chi connectivity index (χ2v) is 10.7. The Balaban J connectivity index is 1.85. The molecule has 0 aromatic heterocycles. The van der Waals surface area contributed by atoms with Crippen LogP contribution in [0.3, 0.4) is 0 Å². The molecular formula is C22H27ClN2O4S. The number of sulfonamides is 1. The highest BCUT2D eigenvalue weighted by molar-refractivity contribution is 7.92. The number of carbonyl (C=O) groups is 1. The number of benzene rings is 2. The van der Waals surface area contributed by atoms with E-state index in [4.69, 9.17) is 16.3 Å². The first-order chi connectivity index (χ1) is 13.9. The van der Waals surface area contributed by atoms with Crippen LogP contribution in [-0.2, 0) is 14.8 Å². The van der Waals surface area contributed by atoms with Gasteiger partial charge in [0, 0.05) is 17.0 Å². The summed E-state index contributed by atoms with van der Waals surface area (Å²) in [5, 5.41) is 3.43. The molecule has 3 rings (SSSR count). The molecule has 0 bridgehead atoms. The Hall–Kier alpha value is -2.25. The molecule has 0 aliphatic carbocycles. The molecule has 1 amide bonds. The number of halogens is 1. The largest absolute Gasteiger partial charge is 0.487 e. The van der Waals surface area contributed by atoms with E-state index >= 15 is 0 Å². The van der Waals surface area contributed by atoms with Gasteiger partial charge < -0.3 is 10.1 Å². The van der Waals surface area contributed by atoms with Gasteiger partial charge in [-0.25, -0.2) is 8.42 Å². The Morgan fingerprint density at radius 3 is 2.57 bits per heavy atom. The molecule has 1 aliphatic heterocycles. The minimum Gasteiger partial charge on any atom is -0.487 e. The molecule has 0 radical (unpaired) electrons. The fraction of sp³-hybridized carbons (Fsp3) is 0.409. The second-order valence-electron chi connectivity index (χ2n) is 8.43. The van der Waals surface area contributed by atoms with Gasteiger partial charge >= 0.3 is 0 Å². The molecule has 0 fully saturated rings. The maximum Gasteiger partial charge on any atom is 0.241 e. The van der Waals surface area contributed by atoms with Crippen molar-refractivity contribution >= 4 is 33.2 Å². The van der Waals surface area contributed by atoms with Gasteiger partial charge in [-0.2, -0.15) is 0 Å². The molecule has 1 N–H and O–H groups in total. The lowest BCUT2D eigenvalue weighted by Crippen LogP contribution is -2.45. The van der Waals surface area contributed by atoms with Crippen molar-refractivity contribution in [2.24, 2.45) is 0 Å². The minimum atomic E-state index is -3.68. The molecule has 2 aromatic carbocycles. The summed E-state index contributed by atoms with van der Waals surface area (Å²) in [4.78, 5) is 12.9. The minimum absolute atomic E-state index is 0.278. The van der Waals surface area contributed by atoms with Crippen LogP contribution in [-0.4, -0.2) is 32.7 Å². The summed E-state index contributed by atoms with van der Waals surface area (Å²) in [6.45, 7) is 7.41. The predicted octanol–water partition coefficient (Wildman–Crippen LogP) is 4.14. The Morgan fingerprint density at radius 1 is 1.23 bits per heavy atom. The van der Waals surface area contributed by atoms with Crippen LogP contribution < -0.4 is 14.4 Å². The maximum atomic E-state index is 12.9. The monoisotopic (exact) mass is 450 g/mol. The zero-order chi connectivity index (χ0) is 22.3. The number of carbonyl (C=O) groups excluding carboxylic acids is 1. The highest BCUT2D eigenvalue weighted by atomic mass is 35.5. The zero-order valence-corrected chi connectivity index (χ0v) is 19.4. The fourth-order valence-electron chi connectivity index (χ4n) is 3.59. The van der Waals surface area contributed by atoms with Gasteiger partial charge in [-0.3, -0.25) is 9.10 Å². The molecule has 6 nitrogen and oxygen atoms in total. The summed E-state index contributed by atoms with van der Waals surface area (Å²) in [5.41, 5.74) is 2.68. The van der Waals surface area contributed by atoms with Crippen LogP contribution >= 0.6 is 11.6 Å². The van der Waals surface area contributed by atoms with E-state index in [9.17, 15) is 13.2 Å². The summed E-state index contributed by atoms with van der Waals surface area (Å²) in [6, 6.07) is 10.5. The first-order valence-corrected chi connectivity index (χ1v) is 11.9. The predicted molar refractivity (Wildman–Crippen MR) is 120 cm³/mol. The quantitative estimate of drug-likeness (QED) is 0.742. The van der Waals surface area contributed by atoms with Crippen LogP contribution in [0.2, 0.25) is 5.02 Å². The van der Waals surface area contributed by atoms with Gasteiger partial charge in [0.05, 0.1) is 18.0 Å². The van der Waals surface area contributed by atoms with Gasteiger partial charge in [-0.1, -0.05) is 29.8 Å². The summed E-state index contributed by atoms with van der Waals surface area (Å²) < 4.78 is 31.9. The SMILES string of the molecule is Cc1ccc2c(c1)OC(C)(C)CC2NC(=O)CN(c1ccc(C)c(Cl)c1)S(C)(=O)=O. The summed E-state index contributed by atoms with van der Waals surface area (Å²) in [6.07, 6.45) is 1.65. The van der Waals surface area contributed by atoms with Crippen LogP contribution in [0.4, 0.5) is 5.69 Å². The maximum absolute atomic E-state index is 12.9. The molecule has 1 heterocycles. The first-order valence-electron chi connectivity index (χ1n) is 9.68. The number of aryl methyl sites for hydroxylation is 2. The lowest BCUT2D eigenvalue weighted by Gasteiger charge is -2.38. The van der Waals surface area contributed by atoms with Crippen molar-refractivity contribution in [1.82, 2.24) is 5.32 Å². The van der Waals surface area contributed by atoms with Crippen molar-refractivity contribution in [2.45, 2.75) is 45.8 Å². The Bertz CT molecular complexity index is 1080. The summed E-state index contributed by atoms with van der Waals surface area (Å²) >= 11 is 6.16. The van der Waals surface area contributed by atoms with E-state index in [0.29, 0.717) is 17.1 Å². The highest BCUT2D eigenvalue weighted by Crippen LogP contribution is 2.40. The molecule has 0 saturated heterocycles. The number of amides is 1. The van der Waals surface area contributed by atoms with E-state index < -0.39 is 21.5 Å². The van der Waals surface area contributed by atoms with Gasteiger partial charge in [-0.05, 0) is 57.0 Å². The van der Waals surface area contributed by atoms with Gasteiger partial charge in [0.15, 0.2) is 0 Å². The van der Waals surface area contributed by atoms with Gasteiger partial charge in [-0.15, -0.1) is 0 Å². The normalized spacial score (nSPS) is 17.6. The van der Waals surface area contributed by atoms with Crippen molar-refractivity contribution in [3.8, 4) is 5.75 Å². The van der Waals surface area contributed by atoms with Crippen LogP contribution in [0.5, 0.6) is 5.75 Å². The van der Waals surface area contributed by atoms with E-state index in [1.165, 1.54) is 0 Å². The highest BCUT2D eigenvalue weighted by Gasteiger charge is 2.35. The molecular weight excluding hydrogens is 424 g/mol. The summed E-state index contributed by atoms with van der Waals surface area (Å²) in [7, 11) is -3.68. The molecule has 1 aliphatic rings. The molecule has 1 atom stereocenters. The van der Waals surface area contributed by atoms with E-state index in [2.05, 4.69) is 5.32 Å². The zero-order valence-electron chi connectivity index (χ0n) is 17.8. The molecule has 2 aromatic rings. The number of hydrogen-bond acceptors (Lipinski definition) is 4. The molecule has 1 unspecified atom stereocenters. The van der Waals surface area contributed by atoms with E-state index in [1.54, 1.807) is 18.2 Å². The molecule has 0 spiro atoms. The Morgan fingerprint density at radius 2 is 1.93 bits per heavy atom. The van der Waals surface area contributed by atoms with E-state index in [0.717, 1.165) is 33.0 Å². The van der Waals surface area contributed by atoms with Crippen LogP contribution in [0.15, 0.2) is 36.4 Å². The third-order valence-electron chi connectivity index (χ3n) is 5.09. The van der Waals surface area contributed by atoms with Gasteiger partial charge in [0.25, 0.3) is 0 Å². The number of ether oxygens (including phenoxy) is 1. The van der Waals surface area contributed by atoms with Crippen LogP contribution in [0, 0.1) is 13.8 Å². The molecule has 162 valence electrons. The van der Waals surface area contributed by atoms with Crippen molar-refractivity contribution in [3.63, 3.8) is 0 Å². The smallest absolute Gasteiger partial charge is 0.241 e. The Labute approximate surface area is 183 Å². The van der Waals surface area contributed by atoms with Crippen LogP contribution in [0.1, 0.15) is 43.0 Å². The Kier molecular flexibility index (Phi) is 6.07. The standard InChI is InChI=1S/C22H27ClN2O4S/c1-14-6-9-17-19(12-22(3,4)29-20(17)10-14)24-21(26)13-25(30(5,27)28)16-8-7-15(2)18(23)11-16/h6-11,19H,12-13H2,1-5H3,(H,24,26). The number of fused-ring (bicyclic) bond motifs is 1. The number of hydrogen-bond donors (Lipinski definition) is 1. The van der Waals surface area contributed by atoms with Crippen molar-refractivity contribution in [3.05, 3.63) is 58.1 Å². The van der Waals surface area contributed by atoms with Gasteiger partial charge in [0.2, 0.25) is 15.9 Å². The van der Waals surface area contributed by atoms with E-state index in [-0.39, 0.29) is 12.6 Å². The van der Waals surface area contributed by atoms with Crippen LogP contribution in [0.25, 0.3) is 0 Å². The fourth-order valence-corrected chi connectivity index (χ4v) is 4.62. The number of anilines is 1. The second kappa shape index (κ2) is 8.12. The average molecular weight is 451 g/mol. The van der Waals surface area contributed by atoms with Crippen molar-refractivity contribution < 1.29 is 17.9 Å². The molecule has 8 heteroatoms. The number of rotatable bonds is 5. The lowest BCUT2D eigenvalue weighted by molar-refractivity contribution is -0.120. The van der Waals surface area contributed by atoms with Crippen molar-refractivity contribution in [1.29, 1.82) is 0 Å². The number of nitrogens with zero attached hydrogens (tertiary/aromatic N) is 1. The van der Waals surface area contributed by atoms with Crippen molar-refractivity contribution in [2.75, 3.05) is 17.1 Å². The average Bonchev–Trinajstić information content (AvgIpc) is 2.60. The number of nitrogens with one attached hydrogen (secondary N) is 1. The molecule has 0 saturated carbocycles. The lowest BCUT2D eigenvalue weighted by atomic mass is 9.89. The third kappa shape index (κ3) is 5.08. The third-order valence-corrected chi connectivity index (χ3v) is 6.64. The topological polar surface area (TPSA) is 75.7 Å². The summed E-state index contributed by atoms with van der Waals surface area (Å²) in [5.74, 6) is 0.341. The van der Waals surface area contributed by atoms with Gasteiger partial charge in [0.1, 0.15) is 17.9 Å².